The first-order valence-corrected chi connectivity index (χ1v) is 7.44. The third-order valence-electron chi connectivity index (χ3n) is 4.38. The predicted octanol–water partition coefficient (Wildman–Crippen LogP) is 0.802. The number of nitrogens with zero attached hydrogens (tertiary/aromatic N) is 2. The zero-order valence-corrected chi connectivity index (χ0v) is 11.7. The molecule has 1 saturated heterocycles. The van der Waals surface area contributed by atoms with E-state index in [1.54, 1.807) is 0 Å². The minimum Gasteiger partial charge on any atom is -0.394 e. The highest BCUT2D eigenvalue weighted by Crippen LogP contribution is 2.29. The summed E-state index contributed by atoms with van der Waals surface area (Å²) in [5, 5.41) is 8.64. The lowest BCUT2D eigenvalue weighted by Gasteiger charge is -2.38. The maximum absolute atomic E-state index is 8.64. The Morgan fingerprint density at radius 3 is 2.50 bits per heavy atom. The standard InChI is InChI=1S/C14H28N2O2/c1-13-2-3-14(12-13)16-6-4-15(5-7-16)8-10-18-11-9-17/h13-14,17H,2-12H2,1H3. The largest absolute Gasteiger partial charge is 0.394 e. The maximum Gasteiger partial charge on any atom is 0.0698 e. The van der Waals surface area contributed by atoms with Gasteiger partial charge in [0, 0.05) is 38.8 Å². The molecule has 2 fully saturated rings. The van der Waals surface area contributed by atoms with E-state index in [1.807, 2.05) is 0 Å². The molecular weight excluding hydrogens is 228 g/mol. The van der Waals surface area contributed by atoms with Crippen LogP contribution in [0.5, 0.6) is 0 Å². The molecule has 2 unspecified atom stereocenters. The first-order chi connectivity index (χ1) is 8.79. The van der Waals surface area contributed by atoms with E-state index in [2.05, 4.69) is 16.7 Å². The quantitative estimate of drug-likeness (QED) is 0.713. The normalized spacial score (nSPS) is 31.0. The fourth-order valence-corrected chi connectivity index (χ4v) is 3.22. The summed E-state index contributed by atoms with van der Waals surface area (Å²) in [6, 6.07) is 0.854. The molecule has 1 N–H and O–H groups in total. The number of aliphatic hydroxyl groups is 1. The number of rotatable bonds is 6. The smallest absolute Gasteiger partial charge is 0.0698 e. The second-order valence-electron chi connectivity index (χ2n) is 5.79. The second kappa shape index (κ2) is 7.43. The zero-order valence-electron chi connectivity index (χ0n) is 11.7. The average molecular weight is 256 g/mol. The highest BCUT2D eigenvalue weighted by atomic mass is 16.5. The lowest BCUT2D eigenvalue weighted by atomic mass is 10.1. The topological polar surface area (TPSA) is 35.9 Å². The van der Waals surface area contributed by atoms with Crippen LogP contribution in [0.1, 0.15) is 26.2 Å². The van der Waals surface area contributed by atoms with Crippen LogP contribution >= 0.6 is 0 Å². The van der Waals surface area contributed by atoms with Gasteiger partial charge in [0.15, 0.2) is 0 Å². The Balaban J connectivity index is 1.59. The Hall–Kier alpha value is -0.160. The number of hydrogen-bond acceptors (Lipinski definition) is 4. The second-order valence-corrected chi connectivity index (χ2v) is 5.79. The third kappa shape index (κ3) is 4.19. The summed E-state index contributed by atoms with van der Waals surface area (Å²) >= 11 is 0. The van der Waals surface area contributed by atoms with Crippen molar-refractivity contribution in [1.29, 1.82) is 0 Å². The van der Waals surface area contributed by atoms with E-state index < -0.39 is 0 Å². The molecule has 2 atom stereocenters. The summed E-state index contributed by atoms with van der Waals surface area (Å²) in [7, 11) is 0. The summed E-state index contributed by atoms with van der Waals surface area (Å²) in [6.07, 6.45) is 4.22. The lowest BCUT2D eigenvalue weighted by Crippen LogP contribution is -2.50. The van der Waals surface area contributed by atoms with Gasteiger partial charge in [-0.05, 0) is 25.2 Å². The number of aliphatic hydroxyl groups excluding tert-OH is 1. The van der Waals surface area contributed by atoms with Crippen molar-refractivity contribution in [3.05, 3.63) is 0 Å². The molecule has 0 radical (unpaired) electrons. The molecule has 1 heterocycles. The predicted molar refractivity (Wildman–Crippen MR) is 72.7 cm³/mol. The van der Waals surface area contributed by atoms with Gasteiger partial charge in [0.25, 0.3) is 0 Å². The summed E-state index contributed by atoms with van der Waals surface area (Å²) < 4.78 is 5.32. The maximum atomic E-state index is 8.64. The van der Waals surface area contributed by atoms with Gasteiger partial charge in [0.05, 0.1) is 19.8 Å². The molecule has 1 saturated carbocycles. The van der Waals surface area contributed by atoms with E-state index in [4.69, 9.17) is 9.84 Å². The molecule has 4 heteroatoms. The highest BCUT2D eigenvalue weighted by molar-refractivity contribution is 4.84. The van der Waals surface area contributed by atoms with Crippen LogP contribution in [0.3, 0.4) is 0 Å². The molecular formula is C14H28N2O2. The van der Waals surface area contributed by atoms with Gasteiger partial charge in [-0.25, -0.2) is 0 Å². The molecule has 106 valence electrons. The number of ether oxygens (including phenoxy) is 1. The van der Waals surface area contributed by atoms with Gasteiger partial charge in [-0.15, -0.1) is 0 Å². The van der Waals surface area contributed by atoms with E-state index >= 15 is 0 Å². The Labute approximate surface area is 111 Å². The molecule has 0 aromatic heterocycles. The van der Waals surface area contributed by atoms with Crippen molar-refractivity contribution in [3.8, 4) is 0 Å². The van der Waals surface area contributed by atoms with Crippen molar-refractivity contribution >= 4 is 0 Å². The average Bonchev–Trinajstić information content (AvgIpc) is 2.82. The summed E-state index contributed by atoms with van der Waals surface area (Å²) in [5.74, 6) is 0.930. The van der Waals surface area contributed by atoms with Crippen LogP contribution in [0.4, 0.5) is 0 Å². The van der Waals surface area contributed by atoms with E-state index in [0.29, 0.717) is 6.61 Å². The molecule has 0 bridgehead atoms. The van der Waals surface area contributed by atoms with E-state index in [0.717, 1.165) is 25.1 Å². The molecule has 4 nitrogen and oxygen atoms in total. The van der Waals surface area contributed by atoms with Crippen LogP contribution < -0.4 is 0 Å². The molecule has 0 aromatic carbocycles. The lowest BCUT2D eigenvalue weighted by molar-refractivity contribution is 0.0488. The first kappa shape index (κ1) is 14.3. The van der Waals surface area contributed by atoms with Gasteiger partial charge < -0.3 is 9.84 Å². The van der Waals surface area contributed by atoms with Crippen molar-refractivity contribution in [1.82, 2.24) is 9.80 Å². The monoisotopic (exact) mass is 256 g/mol. The highest BCUT2D eigenvalue weighted by Gasteiger charge is 2.28. The Morgan fingerprint density at radius 1 is 1.11 bits per heavy atom. The Bertz CT molecular complexity index is 230. The molecule has 2 aliphatic rings. The van der Waals surface area contributed by atoms with Crippen LogP contribution in [0, 0.1) is 5.92 Å². The van der Waals surface area contributed by atoms with Crippen LogP contribution in [0.25, 0.3) is 0 Å². The first-order valence-electron chi connectivity index (χ1n) is 7.44. The van der Waals surface area contributed by atoms with Gasteiger partial charge in [-0.2, -0.15) is 0 Å². The Morgan fingerprint density at radius 2 is 1.89 bits per heavy atom. The fourth-order valence-electron chi connectivity index (χ4n) is 3.22. The summed E-state index contributed by atoms with van der Waals surface area (Å²) in [4.78, 5) is 5.17. The van der Waals surface area contributed by atoms with E-state index in [1.165, 1.54) is 45.4 Å². The summed E-state index contributed by atoms with van der Waals surface area (Å²) in [5.41, 5.74) is 0. The molecule has 0 aromatic rings. The minimum absolute atomic E-state index is 0.133. The van der Waals surface area contributed by atoms with Crippen molar-refractivity contribution in [3.63, 3.8) is 0 Å². The van der Waals surface area contributed by atoms with Crippen molar-refractivity contribution in [2.75, 3.05) is 52.5 Å². The van der Waals surface area contributed by atoms with Crippen LogP contribution in [-0.4, -0.2) is 73.5 Å². The molecule has 1 aliphatic carbocycles. The third-order valence-corrected chi connectivity index (χ3v) is 4.38. The molecule has 1 aliphatic heterocycles. The van der Waals surface area contributed by atoms with E-state index in [9.17, 15) is 0 Å². The van der Waals surface area contributed by atoms with Gasteiger partial charge in [-0.3, -0.25) is 9.80 Å². The molecule has 2 rings (SSSR count). The summed E-state index contributed by atoms with van der Waals surface area (Å²) in [6.45, 7) is 9.54. The van der Waals surface area contributed by atoms with Gasteiger partial charge in [0.1, 0.15) is 0 Å². The SMILES string of the molecule is CC1CCC(N2CCN(CCOCCO)CC2)C1. The van der Waals surface area contributed by atoms with E-state index in [-0.39, 0.29) is 6.61 Å². The van der Waals surface area contributed by atoms with Gasteiger partial charge in [0.2, 0.25) is 0 Å². The van der Waals surface area contributed by atoms with Gasteiger partial charge >= 0.3 is 0 Å². The molecule has 0 spiro atoms. The van der Waals surface area contributed by atoms with Gasteiger partial charge in [-0.1, -0.05) is 6.92 Å². The number of hydrogen-bond donors (Lipinski definition) is 1. The van der Waals surface area contributed by atoms with Crippen LogP contribution in [-0.2, 0) is 4.74 Å². The van der Waals surface area contributed by atoms with Crippen molar-refractivity contribution in [2.24, 2.45) is 5.92 Å². The minimum atomic E-state index is 0.133. The van der Waals surface area contributed by atoms with Crippen LogP contribution in [0.15, 0.2) is 0 Å². The fraction of sp³-hybridized carbons (Fsp3) is 1.00. The Kier molecular flexibility index (Phi) is 5.89. The van der Waals surface area contributed by atoms with Crippen molar-refractivity contribution in [2.45, 2.75) is 32.2 Å². The zero-order chi connectivity index (χ0) is 12.8. The van der Waals surface area contributed by atoms with Crippen LogP contribution in [0.2, 0.25) is 0 Å². The number of piperazine rings is 1. The molecule has 18 heavy (non-hydrogen) atoms. The van der Waals surface area contributed by atoms with Crippen molar-refractivity contribution < 1.29 is 9.84 Å². The molecule has 0 amide bonds.